The number of aliphatic carboxylic acids is 1. The number of carbonyl (C=O) groups is 3. The van der Waals surface area contributed by atoms with E-state index in [9.17, 15) is 19.5 Å². The van der Waals surface area contributed by atoms with Crippen LogP contribution < -0.4 is 5.32 Å². The van der Waals surface area contributed by atoms with Crippen molar-refractivity contribution in [1.29, 1.82) is 0 Å². The van der Waals surface area contributed by atoms with E-state index >= 15 is 0 Å². The predicted molar refractivity (Wildman–Crippen MR) is 134 cm³/mol. The Labute approximate surface area is 204 Å². The van der Waals surface area contributed by atoms with Crippen LogP contribution in [-0.4, -0.2) is 47.2 Å². The molecule has 0 bridgehead atoms. The number of carbonyl (C=O) groups excluding carboxylic acids is 2. The Hall–Kier alpha value is -4.13. The minimum Gasteiger partial charge on any atom is -0.480 e. The fourth-order valence-electron chi connectivity index (χ4n) is 4.47. The van der Waals surface area contributed by atoms with E-state index in [1.54, 1.807) is 31.2 Å². The van der Waals surface area contributed by atoms with Crippen LogP contribution in [0.25, 0.3) is 11.1 Å². The number of hydrogen-bond donors (Lipinski definition) is 2. The first kappa shape index (κ1) is 24.0. The first-order valence-electron chi connectivity index (χ1n) is 11.6. The molecule has 35 heavy (non-hydrogen) atoms. The summed E-state index contributed by atoms with van der Waals surface area (Å²) < 4.78 is 5.60. The smallest absolute Gasteiger partial charge is 0.411 e. The molecule has 1 atom stereocenters. The van der Waals surface area contributed by atoms with Gasteiger partial charge < -0.3 is 14.7 Å². The van der Waals surface area contributed by atoms with E-state index in [0.29, 0.717) is 6.42 Å². The van der Waals surface area contributed by atoms with Gasteiger partial charge in [-0.3, -0.25) is 14.9 Å². The summed E-state index contributed by atoms with van der Waals surface area (Å²) in [6.07, 6.45) is -0.0819. The third-order valence-electron chi connectivity index (χ3n) is 6.43. The van der Waals surface area contributed by atoms with Crippen LogP contribution in [0.4, 0.5) is 10.5 Å². The van der Waals surface area contributed by atoms with Crippen molar-refractivity contribution in [2.75, 3.05) is 18.5 Å². The van der Waals surface area contributed by atoms with Crippen molar-refractivity contribution in [3.63, 3.8) is 0 Å². The Bertz CT molecular complexity index is 1210. The molecule has 2 amide bonds. The predicted octanol–water partition coefficient (Wildman–Crippen LogP) is 5.37. The molecule has 0 aliphatic heterocycles. The third kappa shape index (κ3) is 5.04. The number of ether oxygens (including phenoxy) is 1. The maximum Gasteiger partial charge on any atom is 0.411 e. The summed E-state index contributed by atoms with van der Waals surface area (Å²) in [6, 6.07) is 22.4. The second kappa shape index (κ2) is 10.4. The number of carboxylic acid groups (broad SMARTS) is 1. The summed E-state index contributed by atoms with van der Waals surface area (Å²) in [6.45, 7) is 3.40. The molecule has 0 saturated heterocycles. The highest BCUT2D eigenvalue weighted by Gasteiger charge is 2.29. The molecule has 0 radical (unpaired) electrons. The van der Waals surface area contributed by atoms with E-state index in [1.807, 2.05) is 43.3 Å². The molecule has 180 valence electrons. The number of rotatable bonds is 8. The number of amides is 2. The number of anilines is 1. The van der Waals surface area contributed by atoms with Gasteiger partial charge in [-0.1, -0.05) is 67.6 Å². The van der Waals surface area contributed by atoms with Gasteiger partial charge in [0.25, 0.3) is 5.91 Å². The highest BCUT2D eigenvalue weighted by molar-refractivity contribution is 6.03. The summed E-state index contributed by atoms with van der Waals surface area (Å²) in [5.74, 6) is -1.64. The number of hydrogen-bond acceptors (Lipinski definition) is 4. The van der Waals surface area contributed by atoms with Gasteiger partial charge in [0, 0.05) is 12.0 Å². The SMILES string of the molecule is CCC(C)N(CC(=O)O)C(=O)c1ccccc1NC(=O)OCC1c2ccccc2-c2ccccc21. The van der Waals surface area contributed by atoms with Crippen molar-refractivity contribution in [3.8, 4) is 11.1 Å². The van der Waals surface area contributed by atoms with Gasteiger partial charge in [0.15, 0.2) is 0 Å². The van der Waals surface area contributed by atoms with Crippen LogP contribution in [0.15, 0.2) is 72.8 Å². The molecule has 1 unspecified atom stereocenters. The minimum atomic E-state index is -1.10. The van der Waals surface area contributed by atoms with Crippen LogP contribution in [0.2, 0.25) is 0 Å². The maximum atomic E-state index is 13.2. The van der Waals surface area contributed by atoms with E-state index in [0.717, 1.165) is 22.3 Å². The van der Waals surface area contributed by atoms with Crippen molar-refractivity contribution >= 4 is 23.7 Å². The summed E-state index contributed by atoms with van der Waals surface area (Å²) in [4.78, 5) is 38.6. The molecule has 3 aromatic carbocycles. The molecule has 1 aliphatic rings. The molecule has 7 heteroatoms. The van der Waals surface area contributed by atoms with Gasteiger partial charge in [-0.25, -0.2) is 4.79 Å². The standard InChI is InChI=1S/C28H28N2O5/c1-3-18(2)30(16-26(31)32)27(33)23-14-8-9-15-25(23)29-28(34)35-17-24-21-12-6-4-10-19(21)20-11-5-7-13-22(20)24/h4-15,18,24H,3,16-17H2,1-2H3,(H,29,34)(H,31,32). The lowest BCUT2D eigenvalue weighted by atomic mass is 9.98. The van der Waals surface area contributed by atoms with Crippen LogP contribution in [-0.2, 0) is 9.53 Å². The fraction of sp³-hybridized carbons (Fsp3) is 0.250. The van der Waals surface area contributed by atoms with Crippen LogP contribution in [0.5, 0.6) is 0 Å². The zero-order valence-electron chi connectivity index (χ0n) is 19.7. The topological polar surface area (TPSA) is 95.9 Å². The van der Waals surface area contributed by atoms with Crippen LogP contribution in [0.3, 0.4) is 0 Å². The number of para-hydroxylation sites is 1. The van der Waals surface area contributed by atoms with Crippen LogP contribution in [0.1, 0.15) is 47.7 Å². The van der Waals surface area contributed by atoms with Gasteiger partial charge in [0.05, 0.1) is 11.3 Å². The van der Waals surface area contributed by atoms with Gasteiger partial charge in [-0.15, -0.1) is 0 Å². The fourth-order valence-corrected chi connectivity index (χ4v) is 4.47. The summed E-state index contributed by atoms with van der Waals surface area (Å²) in [5, 5.41) is 11.9. The van der Waals surface area contributed by atoms with E-state index in [-0.39, 0.29) is 29.8 Å². The zero-order chi connectivity index (χ0) is 24.9. The normalized spacial score (nSPS) is 12.9. The second-order valence-corrected chi connectivity index (χ2v) is 8.58. The van der Waals surface area contributed by atoms with Crippen molar-refractivity contribution in [2.24, 2.45) is 0 Å². The maximum absolute atomic E-state index is 13.2. The van der Waals surface area contributed by atoms with Gasteiger partial charge in [0.2, 0.25) is 0 Å². The lowest BCUT2D eigenvalue weighted by Gasteiger charge is -2.27. The van der Waals surface area contributed by atoms with E-state index in [2.05, 4.69) is 17.4 Å². The lowest BCUT2D eigenvalue weighted by molar-refractivity contribution is -0.138. The summed E-state index contributed by atoms with van der Waals surface area (Å²) >= 11 is 0. The number of nitrogens with zero attached hydrogens (tertiary/aromatic N) is 1. The van der Waals surface area contributed by atoms with Crippen LogP contribution in [0, 0.1) is 0 Å². The Morgan fingerprint density at radius 1 is 0.943 bits per heavy atom. The third-order valence-corrected chi connectivity index (χ3v) is 6.43. The van der Waals surface area contributed by atoms with Gasteiger partial charge >= 0.3 is 12.1 Å². The largest absolute Gasteiger partial charge is 0.480 e. The summed E-state index contributed by atoms with van der Waals surface area (Å²) in [5.41, 5.74) is 4.97. The Balaban J connectivity index is 1.49. The molecule has 7 nitrogen and oxygen atoms in total. The average Bonchev–Trinajstić information content (AvgIpc) is 3.19. The summed E-state index contributed by atoms with van der Waals surface area (Å²) in [7, 11) is 0. The lowest BCUT2D eigenvalue weighted by Crippen LogP contribution is -2.42. The Morgan fingerprint density at radius 2 is 1.51 bits per heavy atom. The number of fused-ring (bicyclic) bond motifs is 3. The van der Waals surface area contributed by atoms with Crippen molar-refractivity contribution in [1.82, 2.24) is 4.90 Å². The highest BCUT2D eigenvalue weighted by atomic mass is 16.5. The molecule has 0 heterocycles. The quantitative estimate of drug-likeness (QED) is 0.459. The van der Waals surface area contributed by atoms with Crippen molar-refractivity contribution < 1.29 is 24.2 Å². The first-order valence-corrected chi connectivity index (χ1v) is 11.6. The molecule has 4 rings (SSSR count). The van der Waals surface area contributed by atoms with E-state index < -0.39 is 24.5 Å². The van der Waals surface area contributed by atoms with E-state index in [4.69, 9.17) is 4.74 Å². The minimum absolute atomic E-state index is 0.0820. The Morgan fingerprint density at radius 3 is 2.11 bits per heavy atom. The molecular formula is C28H28N2O5. The monoisotopic (exact) mass is 472 g/mol. The molecule has 0 spiro atoms. The van der Waals surface area contributed by atoms with Crippen molar-refractivity contribution in [3.05, 3.63) is 89.5 Å². The van der Waals surface area contributed by atoms with E-state index in [1.165, 1.54) is 4.90 Å². The molecule has 1 aliphatic carbocycles. The van der Waals surface area contributed by atoms with Crippen molar-refractivity contribution in [2.45, 2.75) is 32.2 Å². The average molecular weight is 473 g/mol. The van der Waals surface area contributed by atoms with Crippen LogP contribution >= 0.6 is 0 Å². The second-order valence-electron chi connectivity index (χ2n) is 8.58. The highest BCUT2D eigenvalue weighted by Crippen LogP contribution is 2.44. The molecule has 0 saturated carbocycles. The molecule has 0 aromatic heterocycles. The Kier molecular flexibility index (Phi) is 7.15. The van der Waals surface area contributed by atoms with Gasteiger partial charge in [0.1, 0.15) is 13.2 Å². The molecule has 3 aromatic rings. The van der Waals surface area contributed by atoms with Gasteiger partial charge in [-0.2, -0.15) is 0 Å². The number of benzene rings is 3. The zero-order valence-corrected chi connectivity index (χ0v) is 19.7. The number of carboxylic acids is 1. The molecule has 0 fully saturated rings. The molecular weight excluding hydrogens is 444 g/mol. The number of nitrogens with one attached hydrogen (secondary N) is 1. The van der Waals surface area contributed by atoms with Gasteiger partial charge in [-0.05, 0) is 47.7 Å². The molecule has 2 N–H and O–H groups in total. The first-order chi connectivity index (χ1) is 16.9.